The van der Waals surface area contributed by atoms with Gasteiger partial charge in [0.2, 0.25) is 0 Å². The second-order valence-corrected chi connectivity index (χ2v) is 3.72. The van der Waals surface area contributed by atoms with Gasteiger partial charge >= 0.3 is 5.97 Å². The lowest BCUT2D eigenvalue weighted by atomic mass is 9.89. The van der Waals surface area contributed by atoms with Crippen LogP contribution in [0.3, 0.4) is 0 Å². The number of hydrogen-bond donors (Lipinski definition) is 2. The fraction of sp³-hybridized carbons (Fsp3) is 0.889. The lowest BCUT2D eigenvalue weighted by Gasteiger charge is -2.23. The molecule has 3 nitrogen and oxygen atoms in total. The molecule has 78 valence electrons. The lowest BCUT2D eigenvalue weighted by Crippen LogP contribution is -2.50. The number of halogens is 1. The molecule has 3 N–H and O–H groups in total. The van der Waals surface area contributed by atoms with Crippen LogP contribution in [-0.2, 0) is 4.79 Å². The van der Waals surface area contributed by atoms with Gasteiger partial charge < -0.3 is 10.8 Å². The SMILES string of the molecule is CCCC[C@@](N)(C(=O)O)C1CC1.Cl. The molecule has 1 atom stereocenters. The van der Waals surface area contributed by atoms with Gasteiger partial charge in [0, 0.05) is 0 Å². The van der Waals surface area contributed by atoms with Crippen LogP contribution in [-0.4, -0.2) is 16.6 Å². The number of rotatable bonds is 5. The highest BCUT2D eigenvalue weighted by atomic mass is 35.5. The van der Waals surface area contributed by atoms with E-state index in [-0.39, 0.29) is 18.3 Å². The van der Waals surface area contributed by atoms with Crippen LogP contribution in [0.1, 0.15) is 39.0 Å². The molecule has 13 heavy (non-hydrogen) atoms. The van der Waals surface area contributed by atoms with Crippen LogP contribution in [0.4, 0.5) is 0 Å². The van der Waals surface area contributed by atoms with Gasteiger partial charge in [-0.15, -0.1) is 12.4 Å². The molecule has 0 aromatic rings. The first-order chi connectivity index (χ1) is 5.61. The van der Waals surface area contributed by atoms with Crippen molar-refractivity contribution in [3.63, 3.8) is 0 Å². The predicted octanol–water partition coefficient (Wildman–Crippen LogP) is 1.79. The van der Waals surface area contributed by atoms with E-state index in [4.69, 9.17) is 10.8 Å². The van der Waals surface area contributed by atoms with Gasteiger partial charge in [-0.3, -0.25) is 4.79 Å². The van der Waals surface area contributed by atoms with Gasteiger partial charge in [-0.2, -0.15) is 0 Å². The van der Waals surface area contributed by atoms with Crippen LogP contribution in [0, 0.1) is 5.92 Å². The molecule has 0 aliphatic heterocycles. The molecule has 0 amide bonds. The second kappa shape index (κ2) is 4.82. The first-order valence-corrected chi connectivity index (χ1v) is 4.63. The number of aliphatic carboxylic acids is 1. The van der Waals surface area contributed by atoms with Crippen molar-refractivity contribution >= 4 is 18.4 Å². The van der Waals surface area contributed by atoms with E-state index in [0.717, 1.165) is 25.7 Å². The molecule has 0 heterocycles. The van der Waals surface area contributed by atoms with Crippen LogP contribution >= 0.6 is 12.4 Å². The molecule has 1 saturated carbocycles. The maximum atomic E-state index is 10.9. The topological polar surface area (TPSA) is 63.3 Å². The summed E-state index contributed by atoms with van der Waals surface area (Å²) in [4.78, 5) is 10.9. The van der Waals surface area contributed by atoms with Gasteiger partial charge in [0.15, 0.2) is 0 Å². The molecular weight excluding hydrogens is 190 g/mol. The van der Waals surface area contributed by atoms with Crippen LogP contribution in [0.15, 0.2) is 0 Å². The molecule has 1 aliphatic carbocycles. The Kier molecular flexibility index (Phi) is 4.71. The summed E-state index contributed by atoms with van der Waals surface area (Å²) in [6.07, 6.45) is 4.54. The summed E-state index contributed by atoms with van der Waals surface area (Å²) in [6.45, 7) is 2.05. The van der Waals surface area contributed by atoms with Gasteiger partial charge in [0.25, 0.3) is 0 Å². The average molecular weight is 208 g/mol. The van der Waals surface area contributed by atoms with Crippen molar-refractivity contribution in [3.05, 3.63) is 0 Å². The van der Waals surface area contributed by atoms with Crippen molar-refractivity contribution in [2.24, 2.45) is 11.7 Å². The number of unbranched alkanes of at least 4 members (excludes halogenated alkanes) is 1. The van der Waals surface area contributed by atoms with Crippen molar-refractivity contribution < 1.29 is 9.90 Å². The molecule has 0 spiro atoms. The van der Waals surface area contributed by atoms with Crippen molar-refractivity contribution in [3.8, 4) is 0 Å². The Labute approximate surface area is 85.1 Å². The number of carboxylic acid groups (broad SMARTS) is 1. The molecule has 0 saturated heterocycles. The van der Waals surface area contributed by atoms with E-state index in [1.165, 1.54) is 0 Å². The molecular formula is C9H18ClNO2. The first kappa shape index (κ1) is 12.7. The minimum Gasteiger partial charge on any atom is -0.480 e. The van der Waals surface area contributed by atoms with E-state index in [2.05, 4.69) is 6.92 Å². The van der Waals surface area contributed by atoms with E-state index in [1.54, 1.807) is 0 Å². The van der Waals surface area contributed by atoms with Crippen LogP contribution in [0.5, 0.6) is 0 Å². The zero-order chi connectivity index (χ0) is 9.19. The maximum absolute atomic E-state index is 10.9. The zero-order valence-corrected chi connectivity index (χ0v) is 8.77. The number of nitrogens with two attached hydrogens (primary N) is 1. The molecule has 1 fully saturated rings. The summed E-state index contributed by atoms with van der Waals surface area (Å²) in [5.41, 5.74) is 4.91. The molecule has 4 heteroatoms. The minimum atomic E-state index is -0.921. The largest absolute Gasteiger partial charge is 0.480 e. The Morgan fingerprint density at radius 1 is 1.62 bits per heavy atom. The fourth-order valence-electron chi connectivity index (χ4n) is 1.55. The molecule has 0 aromatic carbocycles. The summed E-state index contributed by atoms with van der Waals surface area (Å²) in [5.74, 6) is -0.583. The molecule has 1 aliphatic rings. The smallest absolute Gasteiger partial charge is 0.323 e. The number of carboxylic acids is 1. The van der Waals surface area contributed by atoms with Gasteiger partial charge in [0.05, 0.1) is 0 Å². The zero-order valence-electron chi connectivity index (χ0n) is 7.95. The van der Waals surface area contributed by atoms with E-state index in [1.807, 2.05) is 0 Å². The third kappa shape index (κ3) is 2.85. The molecule has 0 radical (unpaired) electrons. The second-order valence-electron chi connectivity index (χ2n) is 3.72. The van der Waals surface area contributed by atoms with Crippen molar-refractivity contribution in [2.75, 3.05) is 0 Å². The van der Waals surface area contributed by atoms with Crippen molar-refractivity contribution in [1.29, 1.82) is 0 Å². The van der Waals surface area contributed by atoms with Gasteiger partial charge in [-0.25, -0.2) is 0 Å². The van der Waals surface area contributed by atoms with E-state index in [9.17, 15) is 4.79 Å². The highest BCUT2D eigenvalue weighted by Gasteiger charge is 2.47. The van der Waals surface area contributed by atoms with Crippen molar-refractivity contribution in [1.82, 2.24) is 0 Å². The van der Waals surface area contributed by atoms with Gasteiger partial charge in [-0.05, 0) is 25.2 Å². The maximum Gasteiger partial charge on any atom is 0.323 e. The van der Waals surface area contributed by atoms with E-state index >= 15 is 0 Å². The first-order valence-electron chi connectivity index (χ1n) is 4.63. The normalized spacial score (nSPS) is 20.2. The third-order valence-electron chi connectivity index (χ3n) is 2.65. The molecule has 0 bridgehead atoms. The Hall–Kier alpha value is -0.280. The Bertz CT molecular complexity index is 182. The Morgan fingerprint density at radius 3 is 2.46 bits per heavy atom. The number of carbonyl (C=O) groups is 1. The quantitative estimate of drug-likeness (QED) is 0.723. The van der Waals surface area contributed by atoms with Crippen molar-refractivity contribution in [2.45, 2.75) is 44.6 Å². The lowest BCUT2D eigenvalue weighted by molar-refractivity contribution is -0.144. The van der Waals surface area contributed by atoms with Gasteiger partial charge in [0.1, 0.15) is 5.54 Å². The summed E-state index contributed by atoms with van der Waals surface area (Å²) < 4.78 is 0. The highest BCUT2D eigenvalue weighted by Crippen LogP contribution is 2.40. The predicted molar refractivity (Wildman–Crippen MR) is 54.1 cm³/mol. The van der Waals surface area contributed by atoms with Crippen LogP contribution in [0.25, 0.3) is 0 Å². The highest BCUT2D eigenvalue weighted by molar-refractivity contribution is 5.85. The van der Waals surface area contributed by atoms with E-state index in [0.29, 0.717) is 6.42 Å². The van der Waals surface area contributed by atoms with E-state index < -0.39 is 11.5 Å². The van der Waals surface area contributed by atoms with Gasteiger partial charge in [-0.1, -0.05) is 19.8 Å². The summed E-state index contributed by atoms with van der Waals surface area (Å²) in [5, 5.41) is 8.94. The Balaban J connectivity index is 0.00000144. The summed E-state index contributed by atoms with van der Waals surface area (Å²) >= 11 is 0. The molecule has 1 rings (SSSR count). The Morgan fingerprint density at radius 2 is 2.15 bits per heavy atom. The average Bonchev–Trinajstić information content (AvgIpc) is 2.82. The summed E-state index contributed by atoms with van der Waals surface area (Å²) in [7, 11) is 0. The summed E-state index contributed by atoms with van der Waals surface area (Å²) in [6, 6.07) is 0. The number of hydrogen-bond acceptors (Lipinski definition) is 2. The monoisotopic (exact) mass is 207 g/mol. The standard InChI is InChI=1S/C9H17NO2.ClH/c1-2-3-6-9(10,8(11)12)7-4-5-7;/h7H,2-6,10H2,1H3,(H,11,12);1H/t9-;/m0./s1. The molecule has 0 aromatic heterocycles. The van der Waals surface area contributed by atoms with Crippen LogP contribution in [0.2, 0.25) is 0 Å². The minimum absolute atomic E-state index is 0. The van der Waals surface area contributed by atoms with Crippen LogP contribution < -0.4 is 5.73 Å². The molecule has 0 unspecified atom stereocenters. The third-order valence-corrected chi connectivity index (χ3v) is 2.65. The fourth-order valence-corrected chi connectivity index (χ4v) is 1.55.